The minimum Gasteiger partial charge on any atom is -0.306 e. The van der Waals surface area contributed by atoms with Gasteiger partial charge >= 0.3 is 0 Å². The summed E-state index contributed by atoms with van der Waals surface area (Å²) in [7, 11) is 0. The van der Waals surface area contributed by atoms with Gasteiger partial charge in [0.15, 0.2) is 5.82 Å². The van der Waals surface area contributed by atoms with Crippen LogP contribution in [0.4, 0.5) is 0 Å². The lowest BCUT2D eigenvalue weighted by atomic mass is 10.0. The first-order chi connectivity index (χ1) is 14.6. The van der Waals surface area contributed by atoms with Gasteiger partial charge < -0.3 is 5.32 Å². The van der Waals surface area contributed by atoms with Gasteiger partial charge in [0.2, 0.25) is 5.78 Å². The van der Waals surface area contributed by atoms with Gasteiger partial charge in [-0.15, -0.1) is 10.2 Å². The topological polar surface area (TPSA) is 72.7 Å². The Hall–Kier alpha value is -3.16. The summed E-state index contributed by atoms with van der Waals surface area (Å²) in [5, 5.41) is 12.0. The SMILES string of the molecule is Cc1nnc(CNCc2ccccc2)n1-c1ccc(Br)cc1C(=O)c1ccccn1. The van der Waals surface area contributed by atoms with Crippen molar-refractivity contribution < 1.29 is 4.79 Å². The van der Waals surface area contributed by atoms with Crippen molar-refractivity contribution in [3.63, 3.8) is 0 Å². The summed E-state index contributed by atoms with van der Waals surface area (Å²) in [4.78, 5) is 17.4. The average molecular weight is 462 g/mol. The van der Waals surface area contributed by atoms with Crippen molar-refractivity contribution in [2.24, 2.45) is 0 Å². The molecular formula is C23H20BrN5O. The lowest BCUT2D eigenvalue weighted by Gasteiger charge is -2.14. The van der Waals surface area contributed by atoms with Gasteiger partial charge in [0.1, 0.15) is 11.5 Å². The van der Waals surface area contributed by atoms with Crippen molar-refractivity contribution in [2.75, 3.05) is 0 Å². The van der Waals surface area contributed by atoms with Gasteiger partial charge in [0, 0.05) is 22.8 Å². The Kier molecular flexibility index (Phi) is 6.11. The number of ketones is 1. The number of hydrogen-bond acceptors (Lipinski definition) is 5. The average Bonchev–Trinajstić information content (AvgIpc) is 3.14. The summed E-state index contributed by atoms with van der Waals surface area (Å²) < 4.78 is 2.74. The Morgan fingerprint density at radius 2 is 1.80 bits per heavy atom. The van der Waals surface area contributed by atoms with E-state index in [1.165, 1.54) is 5.56 Å². The fourth-order valence-corrected chi connectivity index (χ4v) is 3.63. The molecule has 0 fully saturated rings. The first-order valence-electron chi connectivity index (χ1n) is 9.54. The molecule has 6 nitrogen and oxygen atoms in total. The van der Waals surface area contributed by atoms with Crippen LogP contribution < -0.4 is 5.32 Å². The van der Waals surface area contributed by atoms with E-state index >= 15 is 0 Å². The molecule has 0 saturated carbocycles. The van der Waals surface area contributed by atoms with Gasteiger partial charge in [-0.1, -0.05) is 52.3 Å². The normalized spacial score (nSPS) is 10.9. The van der Waals surface area contributed by atoms with Crippen LogP contribution in [-0.2, 0) is 13.1 Å². The molecule has 30 heavy (non-hydrogen) atoms. The number of carbonyl (C=O) groups excluding carboxylic acids is 1. The molecule has 2 aromatic heterocycles. The van der Waals surface area contributed by atoms with E-state index in [0.29, 0.717) is 30.2 Å². The van der Waals surface area contributed by atoms with Crippen LogP contribution in [0.2, 0.25) is 0 Å². The number of nitrogens with one attached hydrogen (secondary N) is 1. The Bertz CT molecular complexity index is 1160. The van der Waals surface area contributed by atoms with Crippen LogP contribution in [0.3, 0.4) is 0 Å². The largest absolute Gasteiger partial charge is 0.306 e. The summed E-state index contributed by atoms with van der Waals surface area (Å²) in [5.74, 6) is 1.30. The predicted molar refractivity (Wildman–Crippen MR) is 118 cm³/mol. The third-order valence-electron chi connectivity index (χ3n) is 4.69. The number of carbonyl (C=O) groups is 1. The number of nitrogens with zero attached hydrogens (tertiary/aromatic N) is 4. The highest BCUT2D eigenvalue weighted by Crippen LogP contribution is 2.24. The number of aryl methyl sites for hydroxylation is 1. The Balaban J connectivity index is 1.66. The molecule has 4 aromatic rings. The van der Waals surface area contributed by atoms with Crippen LogP contribution in [0.5, 0.6) is 0 Å². The van der Waals surface area contributed by atoms with Crippen molar-refractivity contribution in [3.05, 3.63) is 106 Å². The van der Waals surface area contributed by atoms with Gasteiger partial charge in [0.05, 0.1) is 12.2 Å². The third kappa shape index (κ3) is 4.37. The van der Waals surface area contributed by atoms with Crippen molar-refractivity contribution in [3.8, 4) is 5.69 Å². The molecule has 1 N–H and O–H groups in total. The van der Waals surface area contributed by atoms with E-state index in [0.717, 1.165) is 16.0 Å². The number of pyridine rings is 1. The van der Waals surface area contributed by atoms with Crippen LogP contribution in [0.1, 0.15) is 33.3 Å². The third-order valence-corrected chi connectivity index (χ3v) is 5.18. The molecule has 0 amide bonds. The van der Waals surface area contributed by atoms with E-state index in [4.69, 9.17) is 0 Å². The highest BCUT2D eigenvalue weighted by atomic mass is 79.9. The molecule has 0 unspecified atom stereocenters. The van der Waals surface area contributed by atoms with E-state index in [-0.39, 0.29) is 5.78 Å². The smallest absolute Gasteiger partial charge is 0.213 e. The van der Waals surface area contributed by atoms with Crippen LogP contribution >= 0.6 is 15.9 Å². The molecule has 2 heterocycles. The molecule has 0 aliphatic carbocycles. The van der Waals surface area contributed by atoms with Crippen molar-refractivity contribution in [2.45, 2.75) is 20.0 Å². The second-order valence-corrected chi connectivity index (χ2v) is 7.71. The molecule has 150 valence electrons. The quantitative estimate of drug-likeness (QED) is 0.416. The van der Waals surface area contributed by atoms with Crippen LogP contribution in [-0.4, -0.2) is 25.5 Å². The maximum Gasteiger partial charge on any atom is 0.213 e. The van der Waals surface area contributed by atoms with Gasteiger partial charge in [-0.25, -0.2) is 0 Å². The fourth-order valence-electron chi connectivity index (χ4n) is 3.27. The highest BCUT2D eigenvalue weighted by molar-refractivity contribution is 9.10. The maximum absolute atomic E-state index is 13.2. The van der Waals surface area contributed by atoms with Crippen molar-refractivity contribution in [1.29, 1.82) is 0 Å². The summed E-state index contributed by atoms with van der Waals surface area (Å²) in [6.07, 6.45) is 1.62. The molecule has 4 rings (SSSR count). The zero-order valence-corrected chi connectivity index (χ0v) is 18.0. The summed E-state index contributed by atoms with van der Waals surface area (Å²) in [6, 6.07) is 21.1. The predicted octanol–water partition coefficient (Wildman–Crippen LogP) is 4.25. The standard InChI is InChI=1S/C23H20BrN5O/c1-16-27-28-22(15-25-14-17-7-3-2-4-8-17)29(16)21-11-10-18(24)13-19(21)23(30)20-9-5-6-12-26-20/h2-13,25H,14-15H2,1H3. The van der Waals surface area contributed by atoms with E-state index in [1.807, 2.05) is 47.9 Å². The van der Waals surface area contributed by atoms with Crippen LogP contribution in [0.15, 0.2) is 77.4 Å². The van der Waals surface area contributed by atoms with Crippen LogP contribution in [0.25, 0.3) is 5.69 Å². The van der Waals surface area contributed by atoms with E-state index in [2.05, 4.69) is 48.6 Å². The molecule has 0 spiro atoms. The zero-order valence-electron chi connectivity index (χ0n) is 16.4. The lowest BCUT2D eigenvalue weighted by molar-refractivity contribution is 0.103. The Morgan fingerprint density at radius 1 is 1.00 bits per heavy atom. The Labute approximate surface area is 183 Å². The van der Waals surface area contributed by atoms with Gasteiger partial charge in [0.25, 0.3) is 0 Å². The molecule has 7 heteroatoms. The fraction of sp³-hybridized carbons (Fsp3) is 0.130. The number of benzene rings is 2. The number of hydrogen-bond donors (Lipinski definition) is 1. The molecule has 0 aliphatic rings. The zero-order chi connectivity index (χ0) is 20.9. The number of halogens is 1. The molecule has 0 saturated heterocycles. The number of aromatic nitrogens is 4. The molecule has 0 radical (unpaired) electrons. The monoisotopic (exact) mass is 461 g/mol. The van der Waals surface area contributed by atoms with E-state index < -0.39 is 0 Å². The van der Waals surface area contributed by atoms with Crippen molar-refractivity contribution >= 4 is 21.7 Å². The van der Waals surface area contributed by atoms with Gasteiger partial charge in [-0.2, -0.15) is 0 Å². The highest BCUT2D eigenvalue weighted by Gasteiger charge is 2.20. The van der Waals surface area contributed by atoms with E-state index in [9.17, 15) is 4.79 Å². The summed E-state index contributed by atoms with van der Waals surface area (Å²) in [6.45, 7) is 3.11. The van der Waals surface area contributed by atoms with E-state index in [1.54, 1.807) is 24.4 Å². The van der Waals surface area contributed by atoms with Crippen molar-refractivity contribution in [1.82, 2.24) is 25.1 Å². The molecular weight excluding hydrogens is 442 g/mol. The molecule has 2 aromatic carbocycles. The van der Waals surface area contributed by atoms with Crippen LogP contribution in [0, 0.1) is 6.92 Å². The maximum atomic E-state index is 13.2. The minimum absolute atomic E-state index is 0.150. The molecule has 0 bridgehead atoms. The summed E-state index contributed by atoms with van der Waals surface area (Å²) in [5.41, 5.74) is 2.85. The first-order valence-corrected chi connectivity index (χ1v) is 10.3. The van der Waals surface area contributed by atoms with Gasteiger partial charge in [-0.05, 0) is 42.8 Å². The van der Waals surface area contributed by atoms with Gasteiger partial charge in [-0.3, -0.25) is 14.3 Å². The first kappa shape index (κ1) is 20.1. The minimum atomic E-state index is -0.150. The second-order valence-electron chi connectivity index (χ2n) is 6.79. The molecule has 0 atom stereocenters. The number of rotatable bonds is 7. The molecule has 0 aliphatic heterocycles. The lowest BCUT2D eigenvalue weighted by Crippen LogP contribution is -2.18. The Morgan fingerprint density at radius 3 is 2.57 bits per heavy atom. The second kappa shape index (κ2) is 9.11. The summed E-state index contributed by atoms with van der Waals surface area (Å²) >= 11 is 3.48.